The minimum Gasteiger partial charge on any atom is -0.450 e. The molecule has 2 amide bonds. The topological polar surface area (TPSA) is 67.4 Å². The van der Waals surface area contributed by atoms with Crippen LogP contribution in [0.25, 0.3) is 0 Å². The molecule has 1 fully saturated rings. The first-order valence-electron chi connectivity index (χ1n) is 8.39. The molecule has 21 heavy (non-hydrogen) atoms. The molecule has 0 aromatic carbocycles. The fraction of sp³-hybridized carbons (Fsp3) is 0.875. The second kappa shape index (κ2) is 11.4. The first-order chi connectivity index (χ1) is 10.2. The lowest BCUT2D eigenvalue weighted by Crippen LogP contribution is -2.35. The Bertz CT molecular complexity index is 302. The highest BCUT2D eigenvalue weighted by Gasteiger charge is 2.14. The molecule has 2 N–H and O–H groups in total. The van der Waals surface area contributed by atoms with Crippen molar-refractivity contribution < 1.29 is 14.3 Å². The summed E-state index contributed by atoms with van der Waals surface area (Å²) in [7, 11) is 0. The third kappa shape index (κ3) is 9.32. The van der Waals surface area contributed by atoms with Gasteiger partial charge in [0.15, 0.2) is 0 Å². The average molecular weight is 298 g/mol. The minimum atomic E-state index is -0.403. The number of carbonyl (C=O) groups is 2. The number of nitrogens with one attached hydrogen (secondary N) is 2. The van der Waals surface area contributed by atoms with E-state index in [1.165, 1.54) is 32.1 Å². The first-order valence-corrected chi connectivity index (χ1v) is 8.39. The maximum absolute atomic E-state index is 11.7. The van der Waals surface area contributed by atoms with E-state index < -0.39 is 6.09 Å². The summed E-state index contributed by atoms with van der Waals surface area (Å²) in [5.41, 5.74) is 0. The lowest BCUT2D eigenvalue weighted by molar-refractivity contribution is -0.121. The maximum atomic E-state index is 11.7. The summed E-state index contributed by atoms with van der Waals surface area (Å²) in [4.78, 5) is 22.9. The second-order valence-corrected chi connectivity index (χ2v) is 5.81. The second-order valence-electron chi connectivity index (χ2n) is 5.81. The highest BCUT2D eigenvalue weighted by atomic mass is 16.5. The quantitative estimate of drug-likeness (QED) is 0.643. The Hall–Kier alpha value is -1.26. The molecule has 1 rings (SSSR count). The van der Waals surface area contributed by atoms with Gasteiger partial charge in [0.2, 0.25) is 5.91 Å². The van der Waals surface area contributed by atoms with Crippen molar-refractivity contribution >= 4 is 12.0 Å². The highest BCUT2D eigenvalue weighted by molar-refractivity contribution is 5.75. The molecule has 5 nitrogen and oxygen atoms in total. The molecule has 122 valence electrons. The van der Waals surface area contributed by atoms with Gasteiger partial charge in [-0.05, 0) is 18.8 Å². The van der Waals surface area contributed by atoms with Crippen LogP contribution in [0.2, 0.25) is 0 Å². The summed E-state index contributed by atoms with van der Waals surface area (Å²) >= 11 is 0. The minimum absolute atomic E-state index is 0.0849. The van der Waals surface area contributed by atoms with Gasteiger partial charge in [-0.1, -0.05) is 45.4 Å². The zero-order valence-electron chi connectivity index (χ0n) is 13.3. The molecule has 0 spiro atoms. The summed E-state index contributed by atoms with van der Waals surface area (Å²) in [5, 5.41) is 5.46. The SMILES string of the molecule is CCCCOC(=O)NCCNC(=O)CCC1CCCCC1. The Morgan fingerprint density at radius 2 is 1.81 bits per heavy atom. The van der Waals surface area contributed by atoms with E-state index in [1.807, 2.05) is 6.92 Å². The standard InChI is InChI=1S/C16H30N2O3/c1-2-3-13-21-16(20)18-12-11-17-15(19)10-9-14-7-5-4-6-8-14/h14H,2-13H2,1H3,(H,17,19)(H,18,20). The van der Waals surface area contributed by atoms with Crippen molar-refractivity contribution in [2.24, 2.45) is 5.92 Å². The zero-order valence-corrected chi connectivity index (χ0v) is 13.3. The number of carbonyl (C=O) groups excluding carboxylic acids is 2. The number of hydrogen-bond acceptors (Lipinski definition) is 3. The number of ether oxygens (including phenoxy) is 1. The van der Waals surface area contributed by atoms with Crippen LogP contribution in [0.15, 0.2) is 0 Å². The van der Waals surface area contributed by atoms with Crippen molar-refractivity contribution in [2.75, 3.05) is 19.7 Å². The monoisotopic (exact) mass is 298 g/mol. The summed E-state index contributed by atoms with van der Waals surface area (Å²) in [5.74, 6) is 0.817. The van der Waals surface area contributed by atoms with Crippen LogP contribution in [0.5, 0.6) is 0 Å². The molecule has 5 heteroatoms. The molecule has 0 aliphatic heterocycles. The molecular formula is C16H30N2O3. The molecule has 1 aliphatic carbocycles. The lowest BCUT2D eigenvalue weighted by Gasteiger charge is -2.20. The van der Waals surface area contributed by atoms with Crippen LogP contribution in [0.1, 0.15) is 64.7 Å². The van der Waals surface area contributed by atoms with Gasteiger partial charge in [0.05, 0.1) is 6.61 Å². The van der Waals surface area contributed by atoms with Gasteiger partial charge >= 0.3 is 6.09 Å². The number of alkyl carbamates (subject to hydrolysis) is 1. The van der Waals surface area contributed by atoms with Crippen molar-refractivity contribution in [3.63, 3.8) is 0 Å². The Labute approximate surface area is 128 Å². The van der Waals surface area contributed by atoms with Crippen molar-refractivity contribution in [3.05, 3.63) is 0 Å². The van der Waals surface area contributed by atoms with Gasteiger partial charge in [0.25, 0.3) is 0 Å². The van der Waals surface area contributed by atoms with E-state index in [4.69, 9.17) is 4.74 Å². The molecule has 0 radical (unpaired) electrons. The molecular weight excluding hydrogens is 268 g/mol. The Kier molecular flexibility index (Phi) is 9.66. The van der Waals surface area contributed by atoms with E-state index in [1.54, 1.807) is 0 Å². The van der Waals surface area contributed by atoms with E-state index in [0.29, 0.717) is 26.1 Å². The van der Waals surface area contributed by atoms with Crippen LogP contribution in [-0.2, 0) is 9.53 Å². The summed E-state index contributed by atoms with van der Waals surface area (Å²) < 4.78 is 4.95. The Morgan fingerprint density at radius 3 is 2.52 bits per heavy atom. The first kappa shape index (κ1) is 17.8. The average Bonchev–Trinajstić information content (AvgIpc) is 2.51. The smallest absolute Gasteiger partial charge is 0.407 e. The van der Waals surface area contributed by atoms with Crippen molar-refractivity contribution in [1.82, 2.24) is 10.6 Å². The molecule has 0 aromatic heterocycles. The fourth-order valence-corrected chi connectivity index (χ4v) is 2.63. The predicted molar refractivity (Wildman–Crippen MR) is 83.1 cm³/mol. The van der Waals surface area contributed by atoms with Gasteiger partial charge in [-0.3, -0.25) is 4.79 Å². The predicted octanol–water partition coefficient (Wildman–Crippen LogP) is 2.99. The highest BCUT2D eigenvalue weighted by Crippen LogP contribution is 2.27. The normalized spacial score (nSPS) is 15.5. The molecule has 0 saturated heterocycles. The maximum Gasteiger partial charge on any atom is 0.407 e. The molecule has 0 bridgehead atoms. The van der Waals surface area contributed by atoms with Crippen LogP contribution in [0.3, 0.4) is 0 Å². The van der Waals surface area contributed by atoms with E-state index in [9.17, 15) is 9.59 Å². The van der Waals surface area contributed by atoms with Crippen LogP contribution < -0.4 is 10.6 Å². The van der Waals surface area contributed by atoms with Gasteiger partial charge in [0.1, 0.15) is 0 Å². The molecule has 0 heterocycles. The van der Waals surface area contributed by atoms with Gasteiger partial charge < -0.3 is 15.4 Å². The summed E-state index contributed by atoms with van der Waals surface area (Å²) in [6.07, 6.45) is 9.62. The van der Waals surface area contributed by atoms with Crippen LogP contribution in [0.4, 0.5) is 4.79 Å². The largest absolute Gasteiger partial charge is 0.450 e. The number of unbranched alkanes of at least 4 members (excludes halogenated alkanes) is 1. The zero-order chi connectivity index (χ0) is 15.3. The van der Waals surface area contributed by atoms with E-state index in [-0.39, 0.29) is 5.91 Å². The number of rotatable bonds is 9. The Balaban J connectivity index is 1.94. The lowest BCUT2D eigenvalue weighted by atomic mass is 9.86. The molecule has 0 aromatic rings. The van der Waals surface area contributed by atoms with Crippen molar-refractivity contribution in [3.8, 4) is 0 Å². The van der Waals surface area contributed by atoms with Gasteiger partial charge in [-0.25, -0.2) is 4.79 Å². The summed E-state index contributed by atoms with van der Waals surface area (Å²) in [6, 6.07) is 0. The van der Waals surface area contributed by atoms with Crippen LogP contribution >= 0.6 is 0 Å². The third-order valence-corrected chi connectivity index (χ3v) is 3.95. The molecule has 1 aliphatic rings. The number of hydrogen-bond donors (Lipinski definition) is 2. The van der Waals surface area contributed by atoms with Crippen LogP contribution in [0, 0.1) is 5.92 Å². The van der Waals surface area contributed by atoms with E-state index in [2.05, 4.69) is 10.6 Å². The van der Waals surface area contributed by atoms with E-state index >= 15 is 0 Å². The summed E-state index contributed by atoms with van der Waals surface area (Å²) in [6.45, 7) is 3.38. The van der Waals surface area contributed by atoms with Gasteiger partial charge in [0, 0.05) is 19.5 Å². The number of amides is 2. The fourth-order valence-electron chi connectivity index (χ4n) is 2.63. The van der Waals surface area contributed by atoms with Gasteiger partial charge in [-0.15, -0.1) is 0 Å². The van der Waals surface area contributed by atoms with E-state index in [0.717, 1.165) is 25.2 Å². The van der Waals surface area contributed by atoms with Gasteiger partial charge in [-0.2, -0.15) is 0 Å². The molecule has 1 saturated carbocycles. The van der Waals surface area contributed by atoms with Crippen LogP contribution in [-0.4, -0.2) is 31.7 Å². The van der Waals surface area contributed by atoms with Crippen molar-refractivity contribution in [1.29, 1.82) is 0 Å². The third-order valence-electron chi connectivity index (χ3n) is 3.95. The molecule has 0 unspecified atom stereocenters. The Morgan fingerprint density at radius 1 is 1.10 bits per heavy atom. The molecule has 0 atom stereocenters. The van der Waals surface area contributed by atoms with Crippen molar-refractivity contribution in [2.45, 2.75) is 64.7 Å².